The fraction of sp³-hybridized carbons (Fsp3) is 0.611. The van der Waals surface area contributed by atoms with E-state index in [1.807, 2.05) is 6.07 Å². The Balaban J connectivity index is 0.00000176. The molecule has 1 aromatic rings. The van der Waals surface area contributed by atoms with E-state index in [1.54, 1.807) is 0 Å². The van der Waals surface area contributed by atoms with E-state index in [1.165, 1.54) is 31.2 Å². The largest absolute Gasteiger partial charge is 0.355 e. The molecule has 4 heteroatoms. The van der Waals surface area contributed by atoms with E-state index < -0.39 is 0 Å². The van der Waals surface area contributed by atoms with Gasteiger partial charge in [0.15, 0.2) is 0 Å². The Hall–Kier alpha value is -1.06. The minimum Gasteiger partial charge on any atom is -0.355 e. The first-order valence-corrected chi connectivity index (χ1v) is 8.40. The smallest absolute Gasteiger partial charge is 0.237 e. The van der Waals surface area contributed by atoms with Crippen LogP contribution in [0.2, 0.25) is 0 Å². The third kappa shape index (κ3) is 4.47. The fourth-order valence-corrected chi connectivity index (χ4v) is 3.79. The molecule has 1 aromatic carbocycles. The van der Waals surface area contributed by atoms with Crippen LogP contribution in [0.3, 0.4) is 0 Å². The third-order valence-electron chi connectivity index (χ3n) is 4.96. The van der Waals surface area contributed by atoms with Gasteiger partial charge in [0.2, 0.25) is 5.91 Å². The molecule has 0 spiro atoms. The van der Waals surface area contributed by atoms with Crippen molar-refractivity contribution in [1.29, 1.82) is 0 Å². The van der Waals surface area contributed by atoms with Gasteiger partial charge in [-0.2, -0.15) is 0 Å². The molecule has 2 aliphatic rings. The van der Waals surface area contributed by atoms with Gasteiger partial charge < -0.3 is 10.6 Å². The lowest BCUT2D eigenvalue weighted by atomic mass is 9.85. The Bertz CT molecular complexity index is 451. The van der Waals surface area contributed by atoms with Gasteiger partial charge in [-0.1, -0.05) is 43.2 Å². The lowest BCUT2D eigenvalue weighted by Gasteiger charge is -2.24. The lowest BCUT2D eigenvalue weighted by Crippen LogP contribution is -2.43. The number of hydrogen-bond acceptors (Lipinski definition) is 2. The molecule has 122 valence electrons. The summed E-state index contributed by atoms with van der Waals surface area (Å²) in [4.78, 5) is 12.2. The highest BCUT2D eigenvalue weighted by atomic mass is 35.5. The second-order valence-electron chi connectivity index (χ2n) is 6.49. The summed E-state index contributed by atoms with van der Waals surface area (Å²) in [6, 6.07) is 11.1. The van der Waals surface area contributed by atoms with Gasteiger partial charge in [-0.05, 0) is 43.6 Å². The molecular weight excluding hydrogens is 296 g/mol. The van der Waals surface area contributed by atoms with E-state index in [2.05, 4.69) is 34.9 Å². The van der Waals surface area contributed by atoms with E-state index >= 15 is 0 Å². The molecule has 1 saturated heterocycles. The lowest BCUT2D eigenvalue weighted by molar-refractivity contribution is -0.122. The average Bonchev–Trinajstić information content (AvgIpc) is 2.96. The van der Waals surface area contributed by atoms with E-state index in [9.17, 15) is 4.79 Å². The average molecular weight is 323 g/mol. The van der Waals surface area contributed by atoms with Gasteiger partial charge in [-0.3, -0.25) is 4.79 Å². The van der Waals surface area contributed by atoms with Crippen LogP contribution in [0.25, 0.3) is 0 Å². The number of rotatable bonds is 5. The Morgan fingerprint density at radius 1 is 1.18 bits per heavy atom. The van der Waals surface area contributed by atoms with Gasteiger partial charge in [0.25, 0.3) is 0 Å². The number of fused-ring (bicyclic) bond motifs is 1. The minimum atomic E-state index is 0. The van der Waals surface area contributed by atoms with Crippen molar-refractivity contribution in [2.75, 3.05) is 6.54 Å². The van der Waals surface area contributed by atoms with Crippen LogP contribution in [0, 0.1) is 5.92 Å². The van der Waals surface area contributed by atoms with Crippen LogP contribution in [0.15, 0.2) is 30.3 Å². The summed E-state index contributed by atoms with van der Waals surface area (Å²) < 4.78 is 0. The molecule has 3 atom stereocenters. The first-order valence-electron chi connectivity index (χ1n) is 8.40. The van der Waals surface area contributed by atoms with Gasteiger partial charge in [-0.15, -0.1) is 12.4 Å². The summed E-state index contributed by atoms with van der Waals surface area (Å²) in [6.07, 6.45) is 8.29. The predicted octanol–water partition coefficient (Wildman–Crippen LogP) is 3.08. The number of benzene rings is 1. The maximum absolute atomic E-state index is 12.2. The highest BCUT2D eigenvalue weighted by Crippen LogP contribution is 2.33. The first-order chi connectivity index (χ1) is 10.3. The van der Waals surface area contributed by atoms with Crippen LogP contribution in [-0.2, 0) is 11.2 Å². The third-order valence-corrected chi connectivity index (χ3v) is 4.96. The zero-order valence-electron chi connectivity index (χ0n) is 13.1. The second kappa shape index (κ2) is 8.54. The summed E-state index contributed by atoms with van der Waals surface area (Å²) in [6.45, 7) is 0.779. The molecule has 3 nitrogen and oxygen atoms in total. The number of hydrogen-bond donors (Lipinski definition) is 2. The molecule has 2 fully saturated rings. The van der Waals surface area contributed by atoms with Crippen LogP contribution in [0.1, 0.15) is 44.1 Å². The molecule has 2 N–H and O–H groups in total. The van der Waals surface area contributed by atoms with Crippen molar-refractivity contribution < 1.29 is 4.79 Å². The molecule has 3 unspecified atom stereocenters. The number of nitrogens with one attached hydrogen (secondary N) is 2. The van der Waals surface area contributed by atoms with Crippen LogP contribution >= 0.6 is 12.4 Å². The van der Waals surface area contributed by atoms with E-state index in [0.717, 1.165) is 31.7 Å². The van der Waals surface area contributed by atoms with Crippen molar-refractivity contribution in [1.82, 2.24) is 10.6 Å². The normalized spacial score (nSPS) is 26.8. The number of carbonyl (C=O) groups is 1. The maximum atomic E-state index is 12.2. The Labute approximate surface area is 139 Å². The Morgan fingerprint density at radius 3 is 2.73 bits per heavy atom. The van der Waals surface area contributed by atoms with Crippen molar-refractivity contribution in [2.24, 2.45) is 5.92 Å². The Morgan fingerprint density at radius 2 is 1.95 bits per heavy atom. The van der Waals surface area contributed by atoms with Crippen LogP contribution in [0.5, 0.6) is 0 Å². The van der Waals surface area contributed by atoms with Crippen molar-refractivity contribution in [2.45, 2.75) is 57.0 Å². The van der Waals surface area contributed by atoms with Crippen molar-refractivity contribution in [3.8, 4) is 0 Å². The van der Waals surface area contributed by atoms with Crippen LogP contribution in [-0.4, -0.2) is 24.5 Å². The summed E-state index contributed by atoms with van der Waals surface area (Å²) in [5.74, 6) is 0.941. The van der Waals surface area contributed by atoms with Crippen molar-refractivity contribution in [3.63, 3.8) is 0 Å². The molecule has 1 aliphatic carbocycles. The molecule has 0 bridgehead atoms. The molecule has 1 saturated carbocycles. The highest BCUT2D eigenvalue weighted by molar-refractivity contribution is 5.85. The number of amides is 1. The minimum absolute atomic E-state index is 0. The fourth-order valence-electron chi connectivity index (χ4n) is 3.79. The monoisotopic (exact) mass is 322 g/mol. The number of halogens is 1. The van der Waals surface area contributed by atoms with Crippen molar-refractivity contribution >= 4 is 18.3 Å². The zero-order valence-corrected chi connectivity index (χ0v) is 13.9. The summed E-state index contributed by atoms with van der Waals surface area (Å²) in [5, 5.41) is 6.64. The summed E-state index contributed by atoms with van der Waals surface area (Å²) in [5.41, 5.74) is 1.34. The highest BCUT2D eigenvalue weighted by Gasteiger charge is 2.37. The molecule has 3 rings (SSSR count). The SMILES string of the molecule is Cl.O=C(NCCCc1ccccc1)C1CC2CCCCC2N1. The predicted molar refractivity (Wildman–Crippen MR) is 92.3 cm³/mol. The number of aryl methyl sites for hydroxylation is 1. The van der Waals surface area contributed by atoms with Crippen LogP contribution in [0.4, 0.5) is 0 Å². The summed E-state index contributed by atoms with van der Waals surface area (Å²) in [7, 11) is 0. The van der Waals surface area contributed by atoms with Crippen LogP contribution < -0.4 is 10.6 Å². The van der Waals surface area contributed by atoms with Gasteiger partial charge in [0.05, 0.1) is 6.04 Å². The van der Waals surface area contributed by atoms with E-state index in [0.29, 0.717) is 6.04 Å². The molecule has 1 heterocycles. The quantitative estimate of drug-likeness (QED) is 0.818. The Kier molecular flexibility index (Phi) is 6.71. The van der Waals surface area contributed by atoms with Crippen molar-refractivity contribution in [3.05, 3.63) is 35.9 Å². The van der Waals surface area contributed by atoms with E-state index in [4.69, 9.17) is 0 Å². The maximum Gasteiger partial charge on any atom is 0.237 e. The summed E-state index contributed by atoms with van der Waals surface area (Å²) >= 11 is 0. The molecular formula is C18H27ClN2O. The molecule has 1 amide bonds. The molecule has 0 aromatic heterocycles. The van der Waals surface area contributed by atoms with Gasteiger partial charge >= 0.3 is 0 Å². The van der Waals surface area contributed by atoms with Gasteiger partial charge in [-0.25, -0.2) is 0 Å². The second-order valence-corrected chi connectivity index (χ2v) is 6.49. The van der Waals surface area contributed by atoms with Gasteiger partial charge in [0.1, 0.15) is 0 Å². The first kappa shape index (κ1) is 17.3. The van der Waals surface area contributed by atoms with Gasteiger partial charge in [0, 0.05) is 12.6 Å². The molecule has 0 radical (unpaired) electrons. The zero-order chi connectivity index (χ0) is 14.5. The van der Waals surface area contributed by atoms with E-state index in [-0.39, 0.29) is 24.4 Å². The standard InChI is InChI=1S/C18H26N2O.ClH/c21-18(17-13-15-10-4-5-11-16(15)20-17)19-12-6-9-14-7-2-1-3-8-14;/h1-3,7-8,15-17,20H,4-6,9-13H2,(H,19,21);1H. The number of carbonyl (C=O) groups excluding carboxylic acids is 1. The molecule has 1 aliphatic heterocycles. The topological polar surface area (TPSA) is 41.1 Å². The molecule has 22 heavy (non-hydrogen) atoms.